The van der Waals surface area contributed by atoms with E-state index in [2.05, 4.69) is 4.98 Å². The smallest absolute Gasteiger partial charge is 0.128 e. The molecule has 21 heavy (non-hydrogen) atoms. The lowest BCUT2D eigenvalue weighted by molar-refractivity contribution is 0.406. The van der Waals surface area contributed by atoms with Crippen LogP contribution in [0.25, 0.3) is 0 Å². The molecule has 3 nitrogen and oxygen atoms in total. The van der Waals surface area contributed by atoms with Gasteiger partial charge in [-0.3, -0.25) is 4.98 Å². The zero-order valence-corrected chi connectivity index (χ0v) is 13.4. The minimum absolute atomic E-state index is 0.0183. The van der Waals surface area contributed by atoms with Crippen molar-refractivity contribution in [1.82, 2.24) is 4.98 Å². The number of ether oxygens (including phenoxy) is 1. The number of rotatable bonds is 5. The molecule has 0 aliphatic carbocycles. The van der Waals surface area contributed by atoms with Crippen molar-refractivity contribution in [3.63, 3.8) is 0 Å². The minimum atomic E-state index is 0.0183. The topological polar surface area (TPSA) is 48.1 Å². The molecule has 1 aromatic heterocycles. The number of aryl methyl sites for hydroxylation is 1. The number of hydrogen-bond acceptors (Lipinski definition) is 3. The van der Waals surface area contributed by atoms with Gasteiger partial charge < -0.3 is 10.5 Å². The van der Waals surface area contributed by atoms with Crippen molar-refractivity contribution in [2.45, 2.75) is 32.7 Å². The highest BCUT2D eigenvalue weighted by Gasteiger charge is 2.13. The Labute approximate surface area is 131 Å². The molecule has 1 heterocycles. The standard InChI is InChI=1S/C17H21ClN2O/c1-11-10-20-16(12(2)17(11)21-3)9-15(19)8-13-4-6-14(18)7-5-13/h4-7,10,15H,8-9,19H2,1-3H3. The van der Waals surface area contributed by atoms with Crippen LogP contribution in [0.15, 0.2) is 30.5 Å². The van der Waals surface area contributed by atoms with Crippen LogP contribution in [-0.2, 0) is 12.8 Å². The van der Waals surface area contributed by atoms with E-state index in [-0.39, 0.29) is 6.04 Å². The van der Waals surface area contributed by atoms with Crippen molar-refractivity contribution in [2.75, 3.05) is 7.11 Å². The molecule has 1 aromatic carbocycles. The van der Waals surface area contributed by atoms with Gasteiger partial charge in [0.05, 0.1) is 7.11 Å². The van der Waals surface area contributed by atoms with Crippen molar-refractivity contribution < 1.29 is 4.74 Å². The maximum atomic E-state index is 6.26. The maximum Gasteiger partial charge on any atom is 0.128 e. The van der Waals surface area contributed by atoms with Gasteiger partial charge in [0.2, 0.25) is 0 Å². The van der Waals surface area contributed by atoms with Gasteiger partial charge in [0.1, 0.15) is 5.75 Å². The number of hydrogen-bond donors (Lipinski definition) is 1. The molecule has 1 atom stereocenters. The fourth-order valence-corrected chi connectivity index (χ4v) is 2.65. The zero-order valence-electron chi connectivity index (χ0n) is 12.7. The van der Waals surface area contributed by atoms with E-state index in [0.29, 0.717) is 0 Å². The lowest BCUT2D eigenvalue weighted by Crippen LogP contribution is -2.26. The number of pyridine rings is 1. The van der Waals surface area contributed by atoms with Crippen LogP contribution in [0.3, 0.4) is 0 Å². The number of methoxy groups -OCH3 is 1. The van der Waals surface area contributed by atoms with Crippen molar-refractivity contribution in [3.8, 4) is 5.75 Å². The first kappa shape index (κ1) is 15.8. The SMILES string of the molecule is COc1c(C)cnc(CC(N)Cc2ccc(Cl)cc2)c1C. The summed E-state index contributed by atoms with van der Waals surface area (Å²) in [5.41, 5.74) is 10.6. The number of nitrogens with two attached hydrogens (primary N) is 1. The summed E-state index contributed by atoms with van der Waals surface area (Å²) in [6.07, 6.45) is 3.37. The van der Waals surface area contributed by atoms with E-state index >= 15 is 0 Å². The molecule has 0 amide bonds. The third-order valence-electron chi connectivity index (χ3n) is 3.62. The first-order valence-corrected chi connectivity index (χ1v) is 7.38. The molecular formula is C17H21ClN2O. The molecule has 2 aromatic rings. The molecule has 112 valence electrons. The molecule has 0 bridgehead atoms. The molecule has 2 rings (SSSR count). The monoisotopic (exact) mass is 304 g/mol. The van der Waals surface area contributed by atoms with Crippen LogP contribution in [0.5, 0.6) is 5.75 Å². The number of nitrogens with zero attached hydrogens (tertiary/aromatic N) is 1. The number of benzene rings is 1. The summed E-state index contributed by atoms with van der Waals surface area (Å²) in [5.74, 6) is 0.902. The van der Waals surface area contributed by atoms with E-state index < -0.39 is 0 Å². The highest BCUT2D eigenvalue weighted by molar-refractivity contribution is 6.30. The van der Waals surface area contributed by atoms with Crippen LogP contribution < -0.4 is 10.5 Å². The first-order chi connectivity index (χ1) is 10.0. The lowest BCUT2D eigenvalue weighted by atomic mass is 9.99. The molecule has 0 aliphatic rings. The Morgan fingerprint density at radius 2 is 1.86 bits per heavy atom. The van der Waals surface area contributed by atoms with E-state index in [1.54, 1.807) is 7.11 Å². The van der Waals surface area contributed by atoms with E-state index in [0.717, 1.165) is 40.4 Å². The molecule has 0 fully saturated rings. The lowest BCUT2D eigenvalue weighted by Gasteiger charge is -2.16. The zero-order chi connectivity index (χ0) is 15.4. The molecule has 0 radical (unpaired) electrons. The van der Waals surface area contributed by atoms with E-state index in [1.807, 2.05) is 44.3 Å². The summed E-state index contributed by atoms with van der Waals surface area (Å²) in [6, 6.07) is 7.82. The Morgan fingerprint density at radius 3 is 2.48 bits per heavy atom. The van der Waals surface area contributed by atoms with Crippen LogP contribution >= 0.6 is 11.6 Å². The Hall–Kier alpha value is -1.58. The number of aromatic nitrogens is 1. The summed E-state index contributed by atoms with van der Waals surface area (Å²) in [6.45, 7) is 4.03. The summed E-state index contributed by atoms with van der Waals surface area (Å²) in [5, 5.41) is 0.744. The third-order valence-corrected chi connectivity index (χ3v) is 3.87. The Bertz CT molecular complexity index is 611. The van der Waals surface area contributed by atoms with Gasteiger partial charge in [-0.15, -0.1) is 0 Å². The molecule has 0 spiro atoms. The highest BCUT2D eigenvalue weighted by atomic mass is 35.5. The Morgan fingerprint density at radius 1 is 1.19 bits per heavy atom. The van der Waals surface area contributed by atoms with Crippen molar-refractivity contribution in [2.24, 2.45) is 5.73 Å². The normalized spacial score (nSPS) is 12.2. The third kappa shape index (κ3) is 3.96. The molecule has 0 saturated heterocycles. The highest BCUT2D eigenvalue weighted by Crippen LogP contribution is 2.24. The van der Waals surface area contributed by atoms with Crippen LogP contribution in [0, 0.1) is 13.8 Å². The summed E-state index contributed by atoms with van der Waals surface area (Å²) < 4.78 is 5.43. The van der Waals surface area contributed by atoms with E-state index in [1.165, 1.54) is 5.56 Å². The Balaban J connectivity index is 2.09. The maximum absolute atomic E-state index is 6.26. The van der Waals surface area contributed by atoms with E-state index in [4.69, 9.17) is 22.1 Å². The van der Waals surface area contributed by atoms with Gasteiger partial charge in [0.25, 0.3) is 0 Å². The Kier molecular flexibility index (Phi) is 5.21. The largest absolute Gasteiger partial charge is 0.496 e. The van der Waals surface area contributed by atoms with Gasteiger partial charge in [-0.2, -0.15) is 0 Å². The predicted molar refractivity (Wildman–Crippen MR) is 87.1 cm³/mol. The van der Waals surface area contributed by atoms with Gasteiger partial charge in [0, 0.05) is 40.5 Å². The molecular weight excluding hydrogens is 284 g/mol. The summed E-state index contributed by atoms with van der Waals surface area (Å²) >= 11 is 5.89. The van der Waals surface area contributed by atoms with Crippen LogP contribution in [0.2, 0.25) is 5.02 Å². The van der Waals surface area contributed by atoms with Gasteiger partial charge in [-0.25, -0.2) is 0 Å². The minimum Gasteiger partial charge on any atom is -0.496 e. The van der Waals surface area contributed by atoms with Gasteiger partial charge >= 0.3 is 0 Å². The van der Waals surface area contributed by atoms with Crippen molar-refractivity contribution >= 4 is 11.6 Å². The second-order valence-electron chi connectivity index (χ2n) is 5.34. The molecule has 0 saturated carbocycles. The van der Waals surface area contributed by atoms with Crippen LogP contribution in [-0.4, -0.2) is 18.1 Å². The van der Waals surface area contributed by atoms with E-state index in [9.17, 15) is 0 Å². The molecule has 2 N–H and O–H groups in total. The summed E-state index contributed by atoms with van der Waals surface area (Å²) in [4.78, 5) is 4.50. The average Bonchev–Trinajstić information content (AvgIpc) is 2.45. The average molecular weight is 305 g/mol. The number of halogens is 1. The molecule has 4 heteroatoms. The fraction of sp³-hybridized carbons (Fsp3) is 0.353. The van der Waals surface area contributed by atoms with Gasteiger partial charge in [-0.1, -0.05) is 23.7 Å². The predicted octanol–water partition coefficient (Wildman–Crippen LogP) is 3.47. The van der Waals surface area contributed by atoms with Gasteiger partial charge in [0.15, 0.2) is 0 Å². The van der Waals surface area contributed by atoms with Crippen molar-refractivity contribution in [1.29, 1.82) is 0 Å². The van der Waals surface area contributed by atoms with Crippen molar-refractivity contribution in [3.05, 3.63) is 57.9 Å². The van der Waals surface area contributed by atoms with Crippen LogP contribution in [0.4, 0.5) is 0 Å². The molecule has 1 unspecified atom stereocenters. The first-order valence-electron chi connectivity index (χ1n) is 7.00. The van der Waals surface area contributed by atoms with Crippen LogP contribution in [0.1, 0.15) is 22.4 Å². The quantitative estimate of drug-likeness (QED) is 0.920. The second-order valence-corrected chi connectivity index (χ2v) is 5.78. The fourth-order valence-electron chi connectivity index (χ4n) is 2.52. The second kappa shape index (κ2) is 6.92. The molecule has 0 aliphatic heterocycles. The summed E-state index contributed by atoms with van der Waals surface area (Å²) in [7, 11) is 1.69. The van der Waals surface area contributed by atoms with Gasteiger partial charge in [-0.05, 0) is 38.0 Å².